The van der Waals surface area contributed by atoms with Crippen molar-refractivity contribution in [3.05, 3.63) is 17.7 Å². The second-order valence-corrected chi connectivity index (χ2v) is 4.38. The molecule has 1 unspecified atom stereocenters. The Hall–Kier alpha value is -1.42. The molecule has 0 fully saturated rings. The summed E-state index contributed by atoms with van der Waals surface area (Å²) in [6.45, 7) is 0.672. The van der Waals surface area contributed by atoms with Crippen molar-refractivity contribution in [2.75, 3.05) is 32.7 Å². The van der Waals surface area contributed by atoms with E-state index in [1.165, 1.54) is 5.56 Å². The quantitative estimate of drug-likeness (QED) is 0.862. The Morgan fingerprint density at radius 3 is 2.71 bits per heavy atom. The summed E-state index contributed by atoms with van der Waals surface area (Å²) in [5.41, 5.74) is 8.21. The van der Waals surface area contributed by atoms with Gasteiger partial charge < -0.3 is 20.1 Å². The van der Waals surface area contributed by atoms with E-state index >= 15 is 0 Å². The highest BCUT2D eigenvalue weighted by Gasteiger charge is 2.26. The average Bonchev–Trinajstić information content (AvgIpc) is 2.37. The molecule has 4 heteroatoms. The summed E-state index contributed by atoms with van der Waals surface area (Å²) in [6, 6.07) is 4.40. The van der Waals surface area contributed by atoms with E-state index in [-0.39, 0.29) is 0 Å². The maximum absolute atomic E-state index is 5.79. The Kier molecular flexibility index (Phi) is 3.43. The molecule has 0 aliphatic carbocycles. The van der Waals surface area contributed by atoms with E-state index in [1.54, 1.807) is 14.2 Å². The number of nitrogens with zero attached hydrogens (tertiary/aromatic N) is 1. The van der Waals surface area contributed by atoms with Crippen LogP contribution in [-0.4, -0.2) is 33.9 Å². The molecule has 94 valence electrons. The normalized spacial score (nSPS) is 18.8. The monoisotopic (exact) mass is 236 g/mol. The van der Waals surface area contributed by atoms with E-state index in [0.717, 1.165) is 30.0 Å². The van der Waals surface area contributed by atoms with Gasteiger partial charge in [0.1, 0.15) is 11.5 Å². The fourth-order valence-corrected chi connectivity index (χ4v) is 2.48. The van der Waals surface area contributed by atoms with Crippen LogP contribution in [-0.2, 0) is 6.42 Å². The molecule has 2 rings (SSSR count). The molecule has 0 amide bonds. The zero-order chi connectivity index (χ0) is 12.4. The molecule has 1 aliphatic rings. The van der Waals surface area contributed by atoms with E-state index in [1.807, 2.05) is 6.07 Å². The highest BCUT2D eigenvalue weighted by molar-refractivity contribution is 5.68. The summed E-state index contributed by atoms with van der Waals surface area (Å²) < 4.78 is 10.7. The number of likely N-dealkylation sites (N-methyl/N-ethyl adjacent to an activating group) is 1. The Balaban J connectivity index is 2.47. The van der Waals surface area contributed by atoms with Crippen LogP contribution in [0.5, 0.6) is 11.5 Å². The van der Waals surface area contributed by atoms with Crippen LogP contribution in [0.3, 0.4) is 0 Å². The van der Waals surface area contributed by atoms with Crippen LogP contribution in [0.1, 0.15) is 12.0 Å². The summed E-state index contributed by atoms with van der Waals surface area (Å²) in [4.78, 5) is 2.22. The Morgan fingerprint density at radius 2 is 2.12 bits per heavy atom. The number of hydrogen-bond donors (Lipinski definition) is 1. The van der Waals surface area contributed by atoms with Crippen molar-refractivity contribution < 1.29 is 9.47 Å². The number of aryl methyl sites for hydroxylation is 1. The van der Waals surface area contributed by atoms with Gasteiger partial charge in [-0.25, -0.2) is 0 Å². The molecule has 0 saturated carbocycles. The topological polar surface area (TPSA) is 47.7 Å². The molecule has 1 atom stereocenters. The fourth-order valence-electron chi connectivity index (χ4n) is 2.48. The Labute approximate surface area is 102 Å². The van der Waals surface area contributed by atoms with E-state index in [0.29, 0.717) is 12.6 Å². The lowest BCUT2D eigenvalue weighted by Gasteiger charge is -2.36. The number of methoxy groups -OCH3 is 2. The van der Waals surface area contributed by atoms with E-state index in [2.05, 4.69) is 18.0 Å². The highest BCUT2D eigenvalue weighted by atomic mass is 16.5. The summed E-state index contributed by atoms with van der Waals surface area (Å²) >= 11 is 0. The van der Waals surface area contributed by atoms with Gasteiger partial charge in [-0.2, -0.15) is 0 Å². The maximum Gasteiger partial charge on any atom is 0.146 e. The number of benzene rings is 1. The van der Waals surface area contributed by atoms with Gasteiger partial charge in [0.05, 0.1) is 19.9 Å². The van der Waals surface area contributed by atoms with Crippen molar-refractivity contribution in [1.29, 1.82) is 0 Å². The predicted octanol–water partition coefficient (Wildman–Crippen LogP) is 1.41. The van der Waals surface area contributed by atoms with E-state index in [9.17, 15) is 0 Å². The van der Waals surface area contributed by atoms with Gasteiger partial charge in [-0.1, -0.05) is 0 Å². The fraction of sp³-hybridized carbons (Fsp3) is 0.538. The zero-order valence-electron chi connectivity index (χ0n) is 10.7. The molecule has 1 aliphatic heterocycles. The molecule has 2 N–H and O–H groups in total. The second kappa shape index (κ2) is 4.84. The van der Waals surface area contributed by atoms with Crippen molar-refractivity contribution >= 4 is 5.69 Å². The van der Waals surface area contributed by atoms with Gasteiger partial charge in [0.2, 0.25) is 0 Å². The summed E-state index contributed by atoms with van der Waals surface area (Å²) in [5.74, 6) is 1.71. The van der Waals surface area contributed by atoms with E-state index in [4.69, 9.17) is 15.2 Å². The minimum atomic E-state index is 0.393. The number of anilines is 1. The minimum Gasteiger partial charge on any atom is -0.497 e. The molecule has 0 bridgehead atoms. The first kappa shape index (κ1) is 12.0. The van der Waals surface area contributed by atoms with Gasteiger partial charge in [-0.15, -0.1) is 0 Å². The van der Waals surface area contributed by atoms with Crippen molar-refractivity contribution in [1.82, 2.24) is 0 Å². The van der Waals surface area contributed by atoms with E-state index < -0.39 is 0 Å². The first-order valence-electron chi connectivity index (χ1n) is 5.89. The molecule has 0 spiro atoms. The lowest BCUT2D eigenvalue weighted by atomic mass is 9.95. The van der Waals surface area contributed by atoms with Gasteiger partial charge in [0.15, 0.2) is 0 Å². The molecule has 0 aromatic heterocycles. The van der Waals surface area contributed by atoms with Crippen LogP contribution >= 0.6 is 0 Å². The van der Waals surface area contributed by atoms with Crippen LogP contribution < -0.4 is 20.1 Å². The van der Waals surface area contributed by atoms with Gasteiger partial charge >= 0.3 is 0 Å². The first-order valence-corrected chi connectivity index (χ1v) is 5.89. The number of rotatable bonds is 3. The summed E-state index contributed by atoms with van der Waals surface area (Å²) in [7, 11) is 5.44. The van der Waals surface area contributed by atoms with Crippen molar-refractivity contribution in [2.45, 2.75) is 18.9 Å². The third-order valence-corrected chi connectivity index (χ3v) is 3.50. The Morgan fingerprint density at radius 1 is 1.35 bits per heavy atom. The molecule has 1 aromatic carbocycles. The molecule has 0 saturated heterocycles. The molecule has 1 heterocycles. The molecular weight excluding hydrogens is 216 g/mol. The predicted molar refractivity (Wildman–Crippen MR) is 69.1 cm³/mol. The van der Waals surface area contributed by atoms with Crippen LogP contribution in [0.2, 0.25) is 0 Å². The summed E-state index contributed by atoms with van der Waals surface area (Å²) in [6.07, 6.45) is 2.10. The van der Waals surface area contributed by atoms with Crippen molar-refractivity contribution in [3.63, 3.8) is 0 Å². The Bertz CT molecular complexity index is 389. The third-order valence-electron chi connectivity index (χ3n) is 3.50. The van der Waals surface area contributed by atoms with Gasteiger partial charge in [-0.05, 0) is 24.5 Å². The smallest absolute Gasteiger partial charge is 0.146 e. The number of ether oxygens (including phenoxy) is 2. The molecule has 17 heavy (non-hydrogen) atoms. The largest absolute Gasteiger partial charge is 0.497 e. The minimum absolute atomic E-state index is 0.393. The average molecular weight is 236 g/mol. The number of hydrogen-bond acceptors (Lipinski definition) is 4. The molecule has 4 nitrogen and oxygen atoms in total. The zero-order valence-corrected chi connectivity index (χ0v) is 10.7. The van der Waals surface area contributed by atoms with Gasteiger partial charge in [0, 0.05) is 25.7 Å². The van der Waals surface area contributed by atoms with Crippen molar-refractivity contribution in [2.24, 2.45) is 5.73 Å². The maximum atomic E-state index is 5.79. The SMILES string of the molecule is COc1cc2c(c(OC)c1)N(C)C(CN)CC2. The first-order chi connectivity index (χ1) is 8.21. The molecule has 0 radical (unpaired) electrons. The van der Waals surface area contributed by atoms with Crippen LogP contribution in [0.15, 0.2) is 12.1 Å². The summed E-state index contributed by atoms with van der Waals surface area (Å²) in [5, 5.41) is 0. The highest BCUT2D eigenvalue weighted by Crippen LogP contribution is 2.40. The standard InChI is InChI=1S/C13H20N2O2/c1-15-10(8-14)5-4-9-6-11(16-2)7-12(17-3)13(9)15/h6-7,10H,4-5,8,14H2,1-3H3. The lowest BCUT2D eigenvalue weighted by Crippen LogP contribution is -2.41. The molecular formula is C13H20N2O2. The lowest BCUT2D eigenvalue weighted by molar-refractivity contribution is 0.390. The second-order valence-electron chi connectivity index (χ2n) is 4.38. The number of fused-ring (bicyclic) bond motifs is 1. The van der Waals surface area contributed by atoms with Gasteiger partial charge in [0.25, 0.3) is 0 Å². The van der Waals surface area contributed by atoms with Crippen LogP contribution in [0.4, 0.5) is 5.69 Å². The van der Waals surface area contributed by atoms with Crippen molar-refractivity contribution in [3.8, 4) is 11.5 Å². The van der Waals surface area contributed by atoms with Crippen LogP contribution in [0.25, 0.3) is 0 Å². The third kappa shape index (κ3) is 2.05. The number of nitrogens with two attached hydrogens (primary N) is 1. The molecule has 1 aromatic rings. The van der Waals surface area contributed by atoms with Crippen LogP contribution in [0, 0.1) is 0 Å². The van der Waals surface area contributed by atoms with Gasteiger partial charge in [-0.3, -0.25) is 0 Å².